The molecule has 6 nitrogen and oxygen atoms in total. The molecule has 0 fully saturated rings. The van der Waals surface area contributed by atoms with Gasteiger partial charge in [0.25, 0.3) is 0 Å². The third kappa shape index (κ3) is 5.35. The van der Waals surface area contributed by atoms with Gasteiger partial charge < -0.3 is 13.4 Å². The summed E-state index contributed by atoms with van der Waals surface area (Å²) in [7, 11) is 0. The number of fused-ring (bicyclic) bond motifs is 12. The number of furan rings is 2. The highest BCUT2D eigenvalue weighted by molar-refractivity contribution is 7.26. The monoisotopic (exact) mass is 836 g/mol. The Bertz CT molecular complexity index is 4080. The second-order valence-electron chi connectivity index (χ2n) is 16.3. The van der Waals surface area contributed by atoms with Gasteiger partial charge in [0.15, 0.2) is 17.5 Å². The molecule has 0 aliphatic heterocycles. The van der Waals surface area contributed by atoms with Gasteiger partial charge in [0, 0.05) is 74.9 Å². The molecule has 0 amide bonds. The number of nitrogens with zero attached hydrogens (tertiary/aromatic N) is 4. The second kappa shape index (κ2) is 13.6. The van der Waals surface area contributed by atoms with E-state index in [1.165, 1.54) is 42.3 Å². The third-order valence-corrected chi connectivity index (χ3v) is 13.8. The Kier molecular flexibility index (Phi) is 7.46. The molecule has 0 spiro atoms. The van der Waals surface area contributed by atoms with Crippen LogP contribution in [0.25, 0.3) is 137 Å². The Labute approximate surface area is 368 Å². The molecule has 0 unspecified atom stereocenters. The topological polar surface area (TPSA) is 69.9 Å². The lowest BCUT2D eigenvalue weighted by Crippen LogP contribution is -2.00. The Morgan fingerprint density at radius 2 is 0.891 bits per heavy atom. The van der Waals surface area contributed by atoms with E-state index in [2.05, 4.69) is 150 Å². The first kappa shape index (κ1) is 35.2. The van der Waals surface area contributed by atoms with Crippen LogP contribution < -0.4 is 0 Å². The highest BCUT2D eigenvalue weighted by Gasteiger charge is 2.20. The van der Waals surface area contributed by atoms with Crippen molar-refractivity contribution in [2.75, 3.05) is 0 Å². The minimum Gasteiger partial charge on any atom is -0.456 e. The smallest absolute Gasteiger partial charge is 0.164 e. The lowest BCUT2D eigenvalue weighted by atomic mass is 10.00. The van der Waals surface area contributed by atoms with Crippen LogP contribution in [0.3, 0.4) is 0 Å². The van der Waals surface area contributed by atoms with E-state index in [1.807, 2.05) is 48.5 Å². The van der Waals surface area contributed by atoms with E-state index in [0.717, 1.165) is 77.0 Å². The van der Waals surface area contributed by atoms with Crippen molar-refractivity contribution in [2.24, 2.45) is 0 Å². The van der Waals surface area contributed by atoms with Crippen LogP contribution in [0.4, 0.5) is 0 Å². The van der Waals surface area contributed by atoms with Gasteiger partial charge in [0.2, 0.25) is 0 Å². The summed E-state index contributed by atoms with van der Waals surface area (Å²) in [6, 6.07) is 68.1. The van der Waals surface area contributed by atoms with Crippen LogP contribution in [0, 0.1) is 0 Å². The summed E-state index contributed by atoms with van der Waals surface area (Å²) < 4.78 is 17.4. The van der Waals surface area contributed by atoms with E-state index in [-0.39, 0.29) is 0 Å². The zero-order chi connectivity index (χ0) is 41.9. The van der Waals surface area contributed by atoms with Crippen molar-refractivity contribution in [1.82, 2.24) is 19.5 Å². The molecule has 0 radical (unpaired) electrons. The molecule has 64 heavy (non-hydrogen) atoms. The zero-order valence-corrected chi connectivity index (χ0v) is 34.8. The van der Waals surface area contributed by atoms with Crippen LogP contribution in [0.1, 0.15) is 0 Å². The van der Waals surface area contributed by atoms with Crippen LogP contribution in [0.15, 0.2) is 203 Å². The maximum absolute atomic E-state index is 6.33. The maximum atomic E-state index is 6.33. The van der Waals surface area contributed by atoms with Gasteiger partial charge in [-0.15, -0.1) is 11.3 Å². The number of rotatable bonds is 5. The fourth-order valence-corrected chi connectivity index (χ4v) is 10.9. The van der Waals surface area contributed by atoms with Crippen LogP contribution in [-0.4, -0.2) is 19.5 Å². The van der Waals surface area contributed by atoms with Crippen LogP contribution >= 0.6 is 11.3 Å². The third-order valence-electron chi connectivity index (χ3n) is 12.7. The summed E-state index contributed by atoms with van der Waals surface area (Å²) in [5.41, 5.74) is 11.8. The molecule has 298 valence electrons. The van der Waals surface area contributed by atoms with E-state index in [9.17, 15) is 0 Å². The van der Waals surface area contributed by atoms with Crippen LogP contribution in [0.5, 0.6) is 0 Å². The minimum atomic E-state index is 0.565. The zero-order valence-electron chi connectivity index (χ0n) is 34.0. The lowest BCUT2D eigenvalue weighted by Gasteiger charge is -2.10. The van der Waals surface area contributed by atoms with Gasteiger partial charge in [-0.3, -0.25) is 0 Å². The van der Waals surface area contributed by atoms with Crippen molar-refractivity contribution >= 4 is 97.2 Å². The molecular weight excluding hydrogens is 805 g/mol. The van der Waals surface area contributed by atoms with Crippen LogP contribution in [-0.2, 0) is 0 Å². The fourth-order valence-electron chi connectivity index (χ4n) is 9.68. The molecule has 5 aromatic heterocycles. The van der Waals surface area contributed by atoms with Crippen molar-refractivity contribution in [3.05, 3.63) is 194 Å². The van der Waals surface area contributed by atoms with Crippen molar-refractivity contribution in [2.45, 2.75) is 0 Å². The second-order valence-corrected chi connectivity index (χ2v) is 17.4. The molecule has 0 atom stereocenters. The SMILES string of the molecule is c1ccc(-n2c3ccccc3c3cc(-c4ccc5c(c4)sc4cccc(-c6nc(-c7ccc8c(c7)oc7ccccc78)nc(-c7ccc8c(c7)oc7ccccc78)n6)c45)ccc32)cc1. The summed E-state index contributed by atoms with van der Waals surface area (Å²) in [6.45, 7) is 0. The average Bonchev–Trinajstić information content (AvgIpc) is 4.12. The Morgan fingerprint density at radius 3 is 1.61 bits per heavy atom. The van der Waals surface area contributed by atoms with Gasteiger partial charge >= 0.3 is 0 Å². The van der Waals surface area contributed by atoms with Gasteiger partial charge in [-0.05, 0) is 90.0 Å². The Hall–Kier alpha value is -8.39. The first-order valence-corrected chi connectivity index (χ1v) is 22.1. The molecular formula is C57H32N4O2S. The predicted molar refractivity (Wildman–Crippen MR) is 263 cm³/mol. The van der Waals surface area contributed by atoms with Crippen molar-refractivity contribution < 1.29 is 8.83 Å². The molecule has 0 aliphatic carbocycles. The van der Waals surface area contributed by atoms with Gasteiger partial charge in [-0.1, -0.05) is 115 Å². The first-order valence-electron chi connectivity index (χ1n) is 21.3. The van der Waals surface area contributed by atoms with Crippen molar-refractivity contribution in [3.63, 3.8) is 0 Å². The van der Waals surface area contributed by atoms with E-state index in [0.29, 0.717) is 17.5 Å². The molecule has 0 N–H and O–H groups in total. The Morgan fingerprint density at radius 1 is 0.344 bits per heavy atom. The van der Waals surface area contributed by atoms with E-state index < -0.39 is 0 Å². The number of hydrogen-bond acceptors (Lipinski definition) is 6. The standard InChI is InChI=1S/C57H32N4O2S/c1-2-11-37(12-3-1)61-46-17-7-4-13-38(46)45-29-33(24-28-47(45)61)34-21-27-43-53(32-34)64-52-20-10-16-44(54(43)52)57-59-55(35-22-25-41-39-14-5-8-18-48(39)62-50(41)30-35)58-56(60-57)36-23-26-42-40-15-6-9-19-49(40)63-51(42)31-36/h1-32H. The summed E-state index contributed by atoms with van der Waals surface area (Å²) in [6.07, 6.45) is 0. The quantitative estimate of drug-likeness (QED) is 0.173. The summed E-state index contributed by atoms with van der Waals surface area (Å²) in [4.78, 5) is 15.7. The number of para-hydroxylation sites is 4. The highest BCUT2D eigenvalue weighted by Crippen LogP contribution is 2.43. The van der Waals surface area contributed by atoms with E-state index >= 15 is 0 Å². The Balaban J connectivity index is 0.928. The fraction of sp³-hybridized carbons (Fsp3) is 0. The number of benzene rings is 9. The molecule has 14 aromatic rings. The largest absolute Gasteiger partial charge is 0.456 e. The summed E-state index contributed by atoms with van der Waals surface area (Å²) >= 11 is 1.79. The number of aromatic nitrogens is 4. The van der Waals surface area contributed by atoms with E-state index in [1.54, 1.807) is 11.3 Å². The lowest BCUT2D eigenvalue weighted by molar-refractivity contribution is 0.668. The van der Waals surface area contributed by atoms with Gasteiger partial charge in [0.1, 0.15) is 22.3 Å². The molecule has 9 aromatic carbocycles. The average molecular weight is 837 g/mol. The van der Waals surface area contributed by atoms with E-state index in [4.69, 9.17) is 23.8 Å². The van der Waals surface area contributed by atoms with Crippen molar-refractivity contribution in [3.8, 4) is 51.0 Å². The number of hydrogen-bond donors (Lipinski definition) is 0. The molecule has 5 heterocycles. The highest BCUT2D eigenvalue weighted by atomic mass is 32.1. The van der Waals surface area contributed by atoms with Gasteiger partial charge in [0.05, 0.1) is 11.0 Å². The van der Waals surface area contributed by atoms with Crippen LogP contribution in [0.2, 0.25) is 0 Å². The van der Waals surface area contributed by atoms with Gasteiger partial charge in [-0.25, -0.2) is 15.0 Å². The summed E-state index contributed by atoms with van der Waals surface area (Å²) in [5, 5.41) is 9.02. The number of thiophene rings is 1. The molecule has 0 saturated heterocycles. The van der Waals surface area contributed by atoms with Gasteiger partial charge in [-0.2, -0.15) is 0 Å². The molecule has 7 heteroatoms. The molecule has 0 aliphatic rings. The molecule has 0 bridgehead atoms. The van der Waals surface area contributed by atoms with Crippen molar-refractivity contribution in [1.29, 1.82) is 0 Å². The normalized spacial score (nSPS) is 12.1. The summed E-state index contributed by atoms with van der Waals surface area (Å²) in [5.74, 6) is 1.73. The molecule has 14 rings (SSSR count). The maximum Gasteiger partial charge on any atom is 0.164 e. The first-order chi connectivity index (χ1) is 31.7. The minimum absolute atomic E-state index is 0.565. The predicted octanol–water partition coefficient (Wildman–Crippen LogP) is 15.8. The molecule has 0 saturated carbocycles.